The number of hydrogen-bond donors (Lipinski definition) is 1. The summed E-state index contributed by atoms with van der Waals surface area (Å²) in [6, 6.07) is 3.72. The molecule has 3 aromatic rings. The molecular formula is C10H6ClN5. The summed E-state index contributed by atoms with van der Waals surface area (Å²) in [5, 5.41) is 7.90. The fourth-order valence-corrected chi connectivity index (χ4v) is 1.65. The molecule has 0 bridgehead atoms. The average Bonchev–Trinajstić information content (AvgIpc) is 2.72. The number of halogens is 1. The Morgan fingerprint density at radius 1 is 1.25 bits per heavy atom. The van der Waals surface area contributed by atoms with Crippen LogP contribution in [0.4, 0.5) is 0 Å². The van der Waals surface area contributed by atoms with E-state index in [4.69, 9.17) is 11.6 Å². The standard InChI is InChI=1S/C10H6ClN5/c11-9-7-3-6(4-13-10(7)16-15-9)8-1-2-12-5-14-8/h1-5H,(H,13,15,16). The van der Waals surface area contributed by atoms with Gasteiger partial charge in [-0.25, -0.2) is 15.0 Å². The van der Waals surface area contributed by atoms with Crippen molar-refractivity contribution in [3.8, 4) is 11.3 Å². The van der Waals surface area contributed by atoms with Crippen molar-refractivity contribution in [3.05, 3.63) is 36.0 Å². The summed E-state index contributed by atoms with van der Waals surface area (Å²) in [6.07, 6.45) is 4.89. The topological polar surface area (TPSA) is 67.3 Å². The Morgan fingerprint density at radius 3 is 3.00 bits per heavy atom. The number of nitrogens with one attached hydrogen (secondary N) is 1. The molecule has 0 saturated heterocycles. The maximum absolute atomic E-state index is 5.94. The predicted octanol–water partition coefficient (Wildman–Crippen LogP) is 2.07. The van der Waals surface area contributed by atoms with Gasteiger partial charge >= 0.3 is 0 Å². The third kappa shape index (κ3) is 1.42. The van der Waals surface area contributed by atoms with Crippen LogP contribution in [0, 0.1) is 0 Å². The van der Waals surface area contributed by atoms with Gasteiger partial charge in [-0.05, 0) is 12.1 Å². The van der Waals surface area contributed by atoms with Crippen LogP contribution in [-0.4, -0.2) is 25.1 Å². The normalized spacial score (nSPS) is 10.8. The molecule has 0 radical (unpaired) electrons. The van der Waals surface area contributed by atoms with Gasteiger partial charge in [-0.1, -0.05) is 11.6 Å². The highest BCUT2D eigenvalue weighted by molar-refractivity contribution is 6.34. The van der Waals surface area contributed by atoms with Gasteiger partial charge in [0, 0.05) is 18.0 Å². The fourth-order valence-electron chi connectivity index (χ4n) is 1.47. The lowest BCUT2D eigenvalue weighted by molar-refractivity contribution is 1.10. The van der Waals surface area contributed by atoms with Gasteiger partial charge in [-0.3, -0.25) is 5.10 Å². The molecule has 0 aliphatic rings. The van der Waals surface area contributed by atoms with E-state index < -0.39 is 0 Å². The van der Waals surface area contributed by atoms with E-state index in [1.165, 1.54) is 6.33 Å². The Balaban J connectivity index is 2.22. The van der Waals surface area contributed by atoms with Gasteiger partial charge in [0.15, 0.2) is 5.65 Å². The van der Waals surface area contributed by atoms with Crippen LogP contribution < -0.4 is 0 Å². The van der Waals surface area contributed by atoms with Crippen LogP contribution in [-0.2, 0) is 0 Å². The summed E-state index contributed by atoms with van der Waals surface area (Å²) in [5.41, 5.74) is 2.29. The van der Waals surface area contributed by atoms with Crippen molar-refractivity contribution in [2.75, 3.05) is 0 Å². The zero-order chi connectivity index (χ0) is 11.0. The zero-order valence-electron chi connectivity index (χ0n) is 8.05. The SMILES string of the molecule is Clc1[nH]nc2ncc(-c3ccncn3)cc12. The van der Waals surface area contributed by atoms with Gasteiger partial charge in [-0.15, -0.1) is 0 Å². The molecule has 0 atom stereocenters. The third-order valence-corrected chi connectivity index (χ3v) is 2.53. The Labute approximate surface area is 95.5 Å². The Bertz CT molecular complexity index is 634. The average molecular weight is 232 g/mol. The van der Waals surface area contributed by atoms with Gasteiger partial charge < -0.3 is 0 Å². The molecule has 78 valence electrons. The van der Waals surface area contributed by atoms with E-state index in [9.17, 15) is 0 Å². The molecule has 3 aromatic heterocycles. The van der Waals surface area contributed by atoms with Crippen molar-refractivity contribution in [2.45, 2.75) is 0 Å². The first-order chi connectivity index (χ1) is 7.84. The van der Waals surface area contributed by atoms with Crippen LogP contribution in [0.25, 0.3) is 22.3 Å². The first-order valence-corrected chi connectivity index (χ1v) is 4.98. The van der Waals surface area contributed by atoms with Crippen LogP contribution in [0.2, 0.25) is 5.15 Å². The molecule has 0 aliphatic heterocycles. The lowest BCUT2D eigenvalue weighted by Gasteiger charge is -1.98. The van der Waals surface area contributed by atoms with Crippen LogP contribution in [0.5, 0.6) is 0 Å². The highest BCUT2D eigenvalue weighted by Crippen LogP contribution is 2.23. The Kier molecular flexibility index (Phi) is 2.04. The second-order valence-electron chi connectivity index (χ2n) is 3.23. The lowest BCUT2D eigenvalue weighted by Crippen LogP contribution is -1.85. The van der Waals surface area contributed by atoms with Gasteiger partial charge in [0.25, 0.3) is 0 Å². The number of pyridine rings is 1. The fraction of sp³-hybridized carbons (Fsp3) is 0. The van der Waals surface area contributed by atoms with Crippen LogP contribution in [0.3, 0.4) is 0 Å². The van der Waals surface area contributed by atoms with E-state index in [0.29, 0.717) is 10.8 Å². The molecular weight excluding hydrogens is 226 g/mol. The second kappa shape index (κ2) is 3.53. The van der Waals surface area contributed by atoms with E-state index in [-0.39, 0.29) is 0 Å². The molecule has 3 heterocycles. The number of nitrogens with zero attached hydrogens (tertiary/aromatic N) is 4. The van der Waals surface area contributed by atoms with Crippen molar-refractivity contribution in [1.82, 2.24) is 25.1 Å². The Hall–Kier alpha value is -2.01. The van der Waals surface area contributed by atoms with Gasteiger partial charge in [-0.2, -0.15) is 5.10 Å². The summed E-state index contributed by atoms with van der Waals surface area (Å²) in [4.78, 5) is 12.2. The van der Waals surface area contributed by atoms with Gasteiger partial charge in [0.1, 0.15) is 11.5 Å². The molecule has 0 saturated carbocycles. The van der Waals surface area contributed by atoms with E-state index in [1.54, 1.807) is 12.4 Å². The smallest absolute Gasteiger partial charge is 0.182 e. The van der Waals surface area contributed by atoms with Crippen LogP contribution in [0.1, 0.15) is 0 Å². The summed E-state index contributed by atoms with van der Waals surface area (Å²) in [7, 11) is 0. The summed E-state index contributed by atoms with van der Waals surface area (Å²) >= 11 is 5.94. The largest absolute Gasteiger partial charge is 0.264 e. The van der Waals surface area contributed by atoms with Crippen molar-refractivity contribution >= 4 is 22.6 Å². The number of rotatable bonds is 1. The highest BCUT2D eigenvalue weighted by Gasteiger charge is 2.06. The van der Waals surface area contributed by atoms with Crippen molar-refractivity contribution in [3.63, 3.8) is 0 Å². The third-order valence-electron chi connectivity index (χ3n) is 2.24. The minimum Gasteiger partial charge on any atom is -0.264 e. The monoisotopic (exact) mass is 231 g/mol. The lowest BCUT2D eigenvalue weighted by atomic mass is 10.2. The maximum atomic E-state index is 5.94. The summed E-state index contributed by atoms with van der Waals surface area (Å²) in [5.74, 6) is 0. The highest BCUT2D eigenvalue weighted by atomic mass is 35.5. The van der Waals surface area contributed by atoms with E-state index in [2.05, 4.69) is 25.1 Å². The molecule has 0 fully saturated rings. The van der Waals surface area contributed by atoms with Crippen molar-refractivity contribution in [2.24, 2.45) is 0 Å². The number of fused-ring (bicyclic) bond motifs is 1. The van der Waals surface area contributed by atoms with E-state index >= 15 is 0 Å². The van der Waals surface area contributed by atoms with Crippen molar-refractivity contribution in [1.29, 1.82) is 0 Å². The summed E-state index contributed by atoms with van der Waals surface area (Å²) < 4.78 is 0. The zero-order valence-corrected chi connectivity index (χ0v) is 8.81. The number of hydrogen-bond acceptors (Lipinski definition) is 4. The number of H-pyrrole nitrogens is 1. The van der Waals surface area contributed by atoms with Gasteiger partial charge in [0.05, 0.1) is 11.1 Å². The molecule has 0 aromatic carbocycles. The summed E-state index contributed by atoms with van der Waals surface area (Å²) in [6.45, 7) is 0. The van der Waals surface area contributed by atoms with Crippen LogP contribution in [0.15, 0.2) is 30.9 Å². The molecule has 16 heavy (non-hydrogen) atoms. The minimum absolute atomic E-state index is 0.485. The maximum Gasteiger partial charge on any atom is 0.182 e. The van der Waals surface area contributed by atoms with Crippen LogP contribution >= 0.6 is 11.6 Å². The molecule has 0 spiro atoms. The van der Waals surface area contributed by atoms with E-state index in [0.717, 1.165) is 16.6 Å². The molecule has 0 aliphatic carbocycles. The number of aromatic nitrogens is 5. The van der Waals surface area contributed by atoms with E-state index in [1.807, 2.05) is 12.1 Å². The minimum atomic E-state index is 0.485. The molecule has 1 N–H and O–H groups in total. The first-order valence-electron chi connectivity index (χ1n) is 4.60. The number of aromatic amines is 1. The van der Waals surface area contributed by atoms with Crippen molar-refractivity contribution < 1.29 is 0 Å². The predicted molar refractivity (Wildman–Crippen MR) is 59.9 cm³/mol. The molecule has 3 rings (SSSR count). The molecule has 0 unspecified atom stereocenters. The Morgan fingerprint density at radius 2 is 2.19 bits per heavy atom. The molecule has 0 amide bonds. The molecule has 6 heteroatoms. The molecule has 5 nitrogen and oxygen atoms in total. The first kappa shape index (κ1) is 9.23. The second-order valence-corrected chi connectivity index (χ2v) is 3.61. The quantitative estimate of drug-likeness (QED) is 0.696. The van der Waals surface area contributed by atoms with Gasteiger partial charge in [0.2, 0.25) is 0 Å².